The van der Waals surface area contributed by atoms with E-state index in [0.717, 1.165) is 11.0 Å². The largest absolute Gasteiger partial charge is 0.472 e. The number of aromatic nitrogens is 2. The molecule has 0 amide bonds. The molecule has 1 heterocycles. The summed E-state index contributed by atoms with van der Waals surface area (Å²) in [4.78, 5) is 9.01. The lowest BCUT2D eigenvalue weighted by atomic mass is 10.3. The van der Waals surface area contributed by atoms with Crippen molar-refractivity contribution in [1.29, 1.82) is 0 Å². The summed E-state index contributed by atoms with van der Waals surface area (Å²) in [6, 6.07) is 7.73. The van der Waals surface area contributed by atoms with Gasteiger partial charge < -0.3 is 10.1 Å². The fraction of sp³-hybridized carbons (Fsp3) is 0.286. The Hall–Kier alpha value is -2.10. The van der Waals surface area contributed by atoms with Gasteiger partial charge in [-0.3, -0.25) is 0 Å². The van der Waals surface area contributed by atoms with Gasteiger partial charge in [-0.25, -0.2) is 9.97 Å². The van der Waals surface area contributed by atoms with Gasteiger partial charge in [0.2, 0.25) is 0 Å². The first-order valence-electron chi connectivity index (χ1n) is 5.99. The molecule has 94 valence electrons. The minimum absolute atomic E-state index is 0.0599. The smallest absolute Gasteiger partial charge is 0.258 e. The molecule has 1 N–H and O–H groups in total. The van der Waals surface area contributed by atoms with Gasteiger partial charge in [0.1, 0.15) is 0 Å². The average Bonchev–Trinajstić information content (AvgIpc) is 2.35. The molecule has 18 heavy (non-hydrogen) atoms. The second kappa shape index (κ2) is 5.49. The number of nitrogens with one attached hydrogen (secondary N) is 1. The first-order chi connectivity index (χ1) is 8.70. The molecule has 0 spiro atoms. The summed E-state index contributed by atoms with van der Waals surface area (Å²) < 4.78 is 5.68. The second-order valence-corrected chi connectivity index (χ2v) is 4.20. The molecule has 0 aliphatic heterocycles. The van der Waals surface area contributed by atoms with Crippen molar-refractivity contribution < 1.29 is 4.74 Å². The van der Waals surface area contributed by atoms with E-state index in [0.29, 0.717) is 18.2 Å². The Kier molecular flexibility index (Phi) is 3.77. The molecule has 1 aromatic heterocycles. The molecule has 0 saturated carbocycles. The molecule has 2 rings (SSSR count). The van der Waals surface area contributed by atoms with E-state index in [1.807, 2.05) is 38.1 Å². The maximum absolute atomic E-state index is 5.68. The maximum Gasteiger partial charge on any atom is 0.258 e. The van der Waals surface area contributed by atoms with E-state index in [2.05, 4.69) is 21.9 Å². The highest BCUT2D eigenvalue weighted by atomic mass is 16.5. The van der Waals surface area contributed by atoms with E-state index in [1.54, 1.807) is 6.08 Å². The predicted molar refractivity (Wildman–Crippen MR) is 74.0 cm³/mol. The van der Waals surface area contributed by atoms with Crippen LogP contribution in [0.5, 0.6) is 5.88 Å². The summed E-state index contributed by atoms with van der Waals surface area (Å²) in [5.74, 6) is 1.19. The standard InChI is InChI=1S/C14H17N3O/c1-4-9-15-13-14(18-10(2)3)17-12-8-6-5-7-11(12)16-13/h4-8,10H,1,9H2,2-3H3,(H,15,16). The van der Waals surface area contributed by atoms with E-state index in [-0.39, 0.29) is 6.10 Å². The topological polar surface area (TPSA) is 47.0 Å². The first-order valence-corrected chi connectivity index (χ1v) is 5.99. The molecule has 4 heteroatoms. The molecule has 0 saturated heterocycles. The maximum atomic E-state index is 5.68. The lowest BCUT2D eigenvalue weighted by Crippen LogP contribution is -2.11. The van der Waals surface area contributed by atoms with Crippen molar-refractivity contribution in [1.82, 2.24) is 9.97 Å². The van der Waals surface area contributed by atoms with E-state index in [4.69, 9.17) is 4.74 Å². The van der Waals surface area contributed by atoms with Crippen LogP contribution in [-0.2, 0) is 0 Å². The van der Waals surface area contributed by atoms with Crippen LogP contribution in [0.2, 0.25) is 0 Å². The van der Waals surface area contributed by atoms with Gasteiger partial charge in [0, 0.05) is 6.54 Å². The van der Waals surface area contributed by atoms with E-state index in [9.17, 15) is 0 Å². The van der Waals surface area contributed by atoms with Crippen LogP contribution in [0.25, 0.3) is 11.0 Å². The van der Waals surface area contributed by atoms with Crippen molar-refractivity contribution in [3.8, 4) is 5.88 Å². The van der Waals surface area contributed by atoms with Crippen molar-refractivity contribution in [2.75, 3.05) is 11.9 Å². The third-order valence-corrected chi connectivity index (χ3v) is 2.30. The molecular weight excluding hydrogens is 226 g/mol. The van der Waals surface area contributed by atoms with Crippen molar-refractivity contribution in [2.45, 2.75) is 20.0 Å². The fourth-order valence-corrected chi connectivity index (χ4v) is 1.57. The zero-order chi connectivity index (χ0) is 13.0. The normalized spacial score (nSPS) is 10.6. The Balaban J connectivity index is 2.45. The summed E-state index contributed by atoms with van der Waals surface area (Å²) >= 11 is 0. The van der Waals surface area contributed by atoms with Gasteiger partial charge in [-0.15, -0.1) is 6.58 Å². The molecule has 0 bridgehead atoms. The van der Waals surface area contributed by atoms with Crippen LogP contribution in [0.1, 0.15) is 13.8 Å². The number of fused-ring (bicyclic) bond motifs is 1. The quantitative estimate of drug-likeness (QED) is 0.820. The van der Waals surface area contributed by atoms with Crippen molar-refractivity contribution in [3.63, 3.8) is 0 Å². The molecule has 2 aromatic rings. The van der Waals surface area contributed by atoms with Crippen LogP contribution >= 0.6 is 0 Å². The Morgan fingerprint density at radius 1 is 1.28 bits per heavy atom. The number of ether oxygens (including phenoxy) is 1. The van der Waals surface area contributed by atoms with Crippen molar-refractivity contribution >= 4 is 16.9 Å². The first kappa shape index (κ1) is 12.4. The predicted octanol–water partition coefficient (Wildman–Crippen LogP) is 3.01. The summed E-state index contributed by atoms with van der Waals surface area (Å²) in [6.45, 7) is 8.24. The van der Waals surface area contributed by atoms with Crippen LogP contribution in [0.4, 0.5) is 5.82 Å². The molecule has 0 aliphatic rings. The lowest BCUT2D eigenvalue weighted by molar-refractivity contribution is 0.234. The van der Waals surface area contributed by atoms with Crippen LogP contribution in [0, 0.1) is 0 Å². The molecule has 0 radical (unpaired) electrons. The number of rotatable bonds is 5. The van der Waals surface area contributed by atoms with Gasteiger partial charge in [0.25, 0.3) is 5.88 Å². The van der Waals surface area contributed by atoms with E-state index < -0.39 is 0 Å². The SMILES string of the molecule is C=CCNc1nc2ccccc2nc1OC(C)C. The summed E-state index contributed by atoms with van der Waals surface area (Å²) in [7, 11) is 0. The van der Waals surface area contributed by atoms with Gasteiger partial charge >= 0.3 is 0 Å². The Bertz CT molecular complexity index is 552. The minimum atomic E-state index is 0.0599. The zero-order valence-electron chi connectivity index (χ0n) is 10.7. The van der Waals surface area contributed by atoms with E-state index in [1.165, 1.54) is 0 Å². The summed E-state index contributed by atoms with van der Waals surface area (Å²) in [5, 5.41) is 3.14. The highest BCUT2D eigenvalue weighted by Gasteiger charge is 2.10. The molecule has 0 aliphatic carbocycles. The van der Waals surface area contributed by atoms with Gasteiger partial charge in [0.05, 0.1) is 17.1 Å². The number of hydrogen-bond acceptors (Lipinski definition) is 4. The molecule has 0 unspecified atom stereocenters. The Morgan fingerprint density at radius 2 is 1.94 bits per heavy atom. The second-order valence-electron chi connectivity index (χ2n) is 4.20. The highest BCUT2D eigenvalue weighted by molar-refractivity contribution is 5.77. The van der Waals surface area contributed by atoms with Crippen LogP contribution in [0.15, 0.2) is 36.9 Å². The van der Waals surface area contributed by atoms with Gasteiger partial charge in [0.15, 0.2) is 5.82 Å². The number of benzene rings is 1. The molecule has 4 nitrogen and oxygen atoms in total. The third-order valence-electron chi connectivity index (χ3n) is 2.30. The molecular formula is C14H17N3O. The molecule has 0 fully saturated rings. The van der Waals surface area contributed by atoms with Gasteiger partial charge in [-0.1, -0.05) is 18.2 Å². The summed E-state index contributed by atoms with van der Waals surface area (Å²) in [5.41, 5.74) is 1.68. The molecule has 1 aromatic carbocycles. The van der Waals surface area contributed by atoms with E-state index >= 15 is 0 Å². The average molecular weight is 243 g/mol. The monoisotopic (exact) mass is 243 g/mol. The minimum Gasteiger partial charge on any atom is -0.472 e. The highest BCUT2D eigenvalue weighted by Crippen LogP contribution is 2.24. The van der Waals surface area contributed by atoms with Gasteiger partial charge in [-0.2, -0.15) is 0 Å². The van der Waals surface area contributed by atoms with Crippen LogP contribution in [0.3, 0.4) is 0 Å². The van der Waals surface area contributed by atoms with Crippen LogP contribution < -0.4 is 10.1 Å². The Morgan fingerprint density at radius 3 is 2.56 bits per heavy atom. The summed E-state index contributed by atoms with van der Waals surface area (Å²) in [6.07, 6.45) is 1.83. The lowest BCUT2D eigenvalue weighted by Gasteiger charge is -2.13. The van der Waals surface area contributed by atoms with Crippen LogP contribution in [-0.4, -0.2) is 22.6 Å². The zero-order valence-corrected chi connectivity index (χ0v) is 10.7. The number of nitrogens with zero attached hydrogens (tertiary/aromatic N) is 2. The number of anilines is 1. The molecule has 0 atom stereocenters. The fourth-order valence-electron chi connectivity index (χ4n) is 1.57. The number of para-hydroxylation sites is 2. The third kappa shape index (κ3) is 2.77. The van der Waals surface area contributed by atoms with Crippen molar-refractivity contribution in [2.24, 2.45) is 0 Å². The van der Waals surface area contributed by atoms with Crippen molar-refractivity contribution in [3.05, 3.63) is 36.9 Å². The number of hydrogen-bond donors (Lipinski definition) is 1. The Labute approximate surface area is 107 Å². The van der Waals surface area contributed by atoms with Gasteiger partial charge in [-0.05, 0) is 26.0 Å².